The van der Waals surface area contributed by atoms with Crippen molar-refractivity contribution in [3.63, 3.8) is 0 Å². The first-order valence-corrected chi connectivity index (χ1v) is 9.10. The van der Waals surface area contributed by atoms with Crippen LogP contribution in [0.1, 0.15) is 36.7 Å². The summed E-state index contributed by atoms with van der Waals surface area (Å²) in [6.07, 6.45) is 0. The van der Waals surface area contributed by atoms with Crippen molar-refractivity contribution in [2.75, 3.05) is 0 Å². The molecular weight excluding hydrogens is 448 g/mol. The average Bonchev–Trinajstić information content (AvgIpc) is 2.62. The minimum absolute atomic E-state index is 0.0300. The Hall–Kier alpha value is -3.20. The van der Waals surface area contributed by atoms with Crippen LogP contribution in [-0.2, 0) is 25.7 Å². The van der Waals surface area contributed by atoms with E-state index in [-0.39, 0.29) is 29.4 Å². The molecule has 2 rings (SSSR count). The summed E-state index contributed by atoms with van der Waals surface area (Å²) < 4.78 is 21.1. The van der Waals surface area contributed by atoms with Crippen LogP contribution in [0.4, 0.5) is 0 Å². The van der Waals surface area contributed by atoms with E-state index < -0.39 is 23.9 Å². The summed E-state index contributed by atoms with van der Waals surface area (Å²) >= 11 is 3.36. The van der Waals surface area contributed by atoms with Crippen LogP contribution in [-0.4, -0.2) is 23.9 Å². The number of carbonyl (C=O) groups is 4. The maximum atomic E-state index is 12.5. The van der Waals surface area contributed by atoms with E-state index >= 15 is 0 Å². The van der Waals surface area contributed by atoms with E-state index in [4.69, 9.17) is 18.9 Å². The Labute approximate surface area is 174 Å². The molecule has 0 aliphatic rings. The maximum Gasteiger partial charge on any atom is 0.338 e. The third-order valence-corrected chi connectivity index (χ3v) is 4.10. The second-order valence-corrected chi connectivity index (χ2v) is 6.60. The molecular formula is C20H17BrO8. The summed E-state index contributed by atoms with van der Waals surface area (Å²) in [7, 11) is 0. The van der Waals surface area contributed by atoms with Gasteiger partial charge in [-0.2, -0.15) is 0 Å². The molecule has 9 heteroatoms. The average molecular weight is 465 g/mol. The fourth-order valence-electron chi connectivity index (χ4n) is 2.24. The number of hydrogen-bond donors (Lipinski definition) is 0. The van der Waals surface area contributed by atoms with Crippen LogP contribution in [0.15, 0.2) is 40.9 Å². The van der Waals surface area contributed by atoms with Crippen molar-refractivity contribution in [3.05, 3.63) is 52.0 Å². The van der Waals surface area contributed by atoms with E-state index in [9.17, 15) is 19.2 Å². The van der Waals surface area contributed by atoms with Gasteiger partial charge in [-0.1, -0.05) is 34.1 Å². The lowest BCUT2D eigenvalue weighted by Crippen LogP contribution is -2.13. The highest BCUT2D eigenvalue weighted by atomic mass is 79.9. The van der Waals surface area contributed by atoms with E-state index in [1.54, 1.807) is 18.2 Å². The van der Waals surface area contributed by atoms with Crippen LogP contribution in [0, 0.1) is 0 Å². The zero-order valence-corrected chi connectivity index (χ0v) is 17.4. The molecule has 0 saturated carbocycles. The normalized spacial score (nSPS) is 10.1. The summed E-state index contributed by atoms with van der Waals surface area (Å²) in [5.74, 6) is -3.80. The van der Waals surface area contributed by atoms with E-state index in [2.05, 4.69) is 15.9 Å². The van der Waals surface area contributed by atoms with Gasteiger partial charge in [-0.15, -0.1) is 0 Å². The van der Waals surface area contributed by atoms with Crippen molar-refractivity contribution in [2.24, 2.45) is 0 Å². The zero-order chi connectivity index (χ0) is 21.6. The molecule has 0 aromatic heterocycles. The van der Waals surface area contributed by atoms with Crippen LogP contribution in [0.25, 0.3) is 0 Å². The molecule has 0 heterocycles. The largest absolute Gasteiger partial charge is 0.457 e. The van der Waals surface area contributed by atoms with Gasteiger partial charge < -0.3 is 18.9 Å². The lowest BCUT2D eigenvalue weighted by Gasteiger charge is -2.15. The third-order valence-electron chi connectivity index (χ3n) is 3.33. The second kappa shape index (κ2) is 9.83. The Morgan fingerprint density at radius 3 is 1.83 bits per heavy atom. The van der Waals surface area contributed by atoms with Gasteiger partial charge in [0.2, 0.25) is 5.75 Å². The van der Waals surface area contributed by atoms with Crippen LogP contribution in [0.5, 0.6) is 17.2 Å². The molecule has 0 radical (unpaired) electrons. The molecule has 0 N–H and O–H groups in total. The Bertz CT molecular complexity index is 930. The van der Waals surface area contributed by atoms with E-state index in [1.807, 2.05) is 6.07 Å². The lowest BCUT2D eigenvalue weighted by molar-refractivity contribution is -0.135. The molecule has 0 spiro atoms. The van der Waals surface area contributed by atoms with Crippen molar-refractivity contribution in [2.45, 2.75) is 27.4 Å². The molecule has 0 aliphatic heterocycles. The van der Waals surface area contributed by atoms with Gasteiger partial charge in [-0.3, -0.25) is 14.4 Å². The first kappa shape index (κ1) is 22.1. The minimum Gasteiger partial charge on any atom is -0.457 e. The van der Waals surface area contributed by atoms with Crippen molar-refractivity contribution >= 4 is 39.8 Å². The van der Waals surface area contributed by atoms with Gasteiger partial charge >= 0.3 is 23.9 Å². The Morgan fingerprint density at radius 1 is 0.828 bits per heavy atom. The fourth-order valence-corrected chi connectivity index (χ4v) is 2.64. The highest BCUT2D eigenvalue weighted by Crippen LogP contribution is 2.39. The van der Waals surface area contributed by atoms with Gasteiger partial charge in [0, 0.05) is 30.8 Å². The van der Waals surface area contributed by atoms with Crippen molar-refractivity contribution < 1.29 is 38.1 Å². The standard InChI is InChI=1S/C20H17BrO8/c1-11(22)27-17-8-15(9-18(28-12(2)23)19(17)29-13(3)24)20(25)26-10-14-6-4-5-7-16(14)21/h4-9H,10H2,1-3H3. The fraction of sp³-hybridized carbons (Fsp3) is 0.200. The Kier molecular flexibility index (Phi) is 7.49. The van der Waals surface area contributed by atoms with Gasteiger partial charge in [0.25, 0.3) is 0 Å². The monoisotopic (exact) mass is 464 g/mol. The number of carbonyl (C=O) groups excluding carboxylic acids is 4. The molecule has 2 aromatic rings. The van der Waals surface area contributed by atoms with Gasteiger partial charge in [0.15, 0.2) is 11.5 Å². The van der Waals surface area contributed by atoms with Crippen molar-refractivity contribution in [1.82, 2.24) is 0 Å². The number of hydrogen-bond acceptors (Lipinski definition) is 8. The maximum absolute atomic E-state index is 12.5. The van der Waals surface area contributed by atoms with Gasteiger partial charge in [-0.25, -0.2) is 4.79 Å². The van der Waals surface area contributed by atoms with Crippen LogP contribution in [0.2, 0.25) is 0 Å². The highest BCUT2D eigenvalue weighted by Gasteiger charge is 2.23. The minimum atomic E-state index is -0.767. The van der Waals surface area contributed by atoms with E-state index in [0.29, 0.717) is 0 Å². The van der Waals surface area contributed by atoms with Crippen LogP contribution >= 0.6 is 15.9 Å². The second-order valence-electron chi connectivity index (χ2n) is 5.75. The lowest BCUT2D eigenvalue weighted by atomic mass is 10.1. The van der Waals surface area contributed by atoms with Crippen molar-refractivity contribution in [1.29, 1.82) is 0 Å². The number of esters is 4. The molecule has 152 valence electrons. The third kappa shape index (κ3) is 6.42. The Balaban J connectivity index is 2.40. The molecule has 8 nitrogen and oxygen atoms in total. The number of halogens is 1. The predicted molar refractivity (Wildman–Crippen MR) is 104 cm³/mol. The smallest absolute Gasteiger partial charge is 0.338 e. The van der Waals surface area contributed by atoms with Crippen molar-refractivity contribution in [3.8, 4) is 17.2 Å². The molecule has 0 aliphatic carbocycles. The molecule has 0 amide bonds. The van der Waals surface area contributed by atoms with E-state index in [1.165, 1.54) is 0 Å². The number of rotatable bonds is 6. The summed E-state index contributed by atoms with van der Waals surface area (Å²) in [6, 6.07) is 9.51. The molecule has 29 heavy (non-hydrogen) atoms. The van der Waals surface area contributed by atoms with Gasteiger partial charge in [0.1, 0.15) is 6.61 Å². The molecule has 0 fully saturated rings. The Morgan fingerprint density at radius 2 is 1.34 bits per heavy atom. The summed E-state index contributed by atoms with van der Waals surface area (Å²) in [5, 5.41) is 0. The molecule has 0 atom stereocenters. The predicted octanol–water partition coefficient (Wildman–Crippen LogP) is 3.58. The van der Waals surface area contributed by atoms with Crippen LogP contribution in [0.3, 0.4) is 0 Å². The first-order valence-electron chi connectivity index (χ1n) is 8.31. The number of benzene rings is 2. The highest BCUT2D eigenvalue weighted by molar-refractivity contribution is 9.10. The molecule has 0 bridgehead atoms. The number of ether oxygens (including phenoxy) is 4. The SMILES string of the molecule is CC(=O)Oc1cc(C(=O)OCc2ccccc2Br)cc(OC(C)=O)c1OC(C)=O. The molecule has 0 saturated heterocycles. The zero-order valence-electron chi connectivity index (χ0n) is 15.8. The summed E-state index contributed by atoms with van der Waals surface area (Å²) in [4.78, 5) is 46.8. The summed E-state index contributed by atoms with van der Waals surface area (Å²) in [5.41, 5.74) is 0.665. The van der Waals surface area contributed by atoms with E-state index in [0.717, 1.165) is 42.9 Å². The molecule has 0 unspecified atom stereocenters. The first-order chi connectivity index (χ1) is 13.7. The quantitative estimate of drug-likeness (QED) is 0.471. The van der Waals surface area contributed by atoms with Crippen LogP contribution < -0.4 is 14.2 Å². The van der Waals surface area contributed by atoms with Gasteiger partial charge in [0.05, 0.1) is 5.56 Å². The van der Waals surface area contributed by atoms with Gasteiger partial charge in [-0.05, 0) is 18.2 Å². The topological polar surface area (TPSA) is 105 Å². The molecule has 2 aromatic carbocycles. The summed E-state index contributed by atoms with van der Waals surface area (Å²) in [6.45, 7) is 3.34.